The summed E-state index contributed by atoms with van der Waals surface area (Å²) in [7, 11) is 0. The highest BCUT2D eigenvalue weighted by Gasteiger charge is 2.30. The molecule has 2 atom stereocenters. The van der Waals surface area contributed by atoms with Gasteiger partial charge in [0.15, 0.2) is 0 Å². The highest BCUT2D eigenvalue weighted by molar-refractivity contribution is 4.90. The van der Waals surface area contributed by atoms with Crippen molar-refractivity contribution in [2.75, 3.05) is 0 Å². The molecule has 0 saturated heterocycles. The zero-order chi connectivity index (χ0) is 11.4. The molecule has 2 aliphatic rings. The molecule has 1 nitrogen and oxygen atoms in total. The second kappa shape index (κ2) is 5.71. The first kappa shape index (κ1) is 12.0. The molecule has 16 heavy (non-hydrogen) atoms. The van der Waals surface area contributed by atoms with Crippen LogP contribution in [-0.4, -0.2) is 0 Å². The minimum Gasteiger partial charge on any atom is -0.198 e. The van der Waals surface area contributed by atoms with E-state index in [1.165, 1.54) is 51.4 Å². The van der Waals surface area contributed by atoms with Crippen molar-refractivity contribution in [3.05, 3.63) is 0 Å². The predicted octanol–water partition coefficient (Wildman–Crippen LogP) is 4.53. The van der Waals surface area contributed by atoms with Crippen molar-refractivity contribution >= 4 is 0 Å². The van der Waals surface area contributed by atoms with Crippen LogP contribution in [0.3, 0.4) is 0 Å². The topological polar surface area (TPSA) is 23.8 Å². The first-order valence-corrected chi connectivity index (χ1v) is 7.23. The van der Waals surface area contributed by atoms with Gasteiger partial charge in [-0.1, -0.05) is 39.0 Å². The second-order valence-electron chi connectivity index (χ2n) is 5.94. The fourth-order valence-electron chi connectivity index (χ4n) is 3.84. The van der Waals surface area contributed by atoms with Crippen LogP contribution in [0.5, 0.6) is 0 Å². The summed E-state index contributed by atoms with van der Waals surface area (Å²) in [6.07, 6.45) is 12.2. The summed E-state index contributed by atoms with van der Waals surface area (Å²) in [6.45, 7) is 2.33. The maximum Gasteiger partial charge on any atom is 0.0655 e. The van der Waals surface area contributed by atoms with Crippen LogP contribution in [0.15, 0.2) is 0 Å². The molecule has 0 amide bonds. The van der Waals surface area contributed by atoms with Gasteiger partial charge in [0.05, 0.1) is 6.07 Å². The van der Waals surface area contributed by atoms with Gasteiger partial charge in [-0.2, -0.15) is 5.26 Å². The van der Waals surface area contributed by atoms with Gasteiger partial charge >= 0.3 is 0 Å². The smallest absolute Gasteiger partial charge is 0.0655 e. The SMILES string of the molecule is CCC1CCC(C2CCCC(C#N)C2)CC1. The van der Waals surface area contributed by atoms with Gasteiger partial charge < -0.3 is 0 Å². The second-order valence-corrected chi connectivity index (χ2v) is 5.94. The molecule has 0 aromatic carbocycles. The van der Waals surface area contributed by atoms with Crippen LogP contribution in [0.1, 0.15) is 64.7 Å². The first-order chi connectivity index (χ1) is 7.83. The zero-order valence-corrected chi connectivity index (χ0v) is 10.6. The third-order valence-corrected chi connectivity index (χ3v) is 5.03. The van der Waals surface area contributed by atoms with E-state index in [0.717, 1.165) is 24.2 Å². The lowest BCUT2D eigenvalue weighted by Gasteiger charge is -2.36. The molecule has 0 aromatic heterocycles. The van der Waals surface area contributed by atoms with Crippen molar-refractivity contribution in [3.63, 3.8) is 0 Å². The average Bonchev–Trinajstić information content (AvgIpc) is 2.39. The van der Waals surface area contributed by atoms with Crippen molar-refractivity contribution in [3.8, 4) is 6.07 Å². The lowest BCUT2D eigenvalue weighted by Crippen LogP contribution is -2.26. The molecule has 2 saturated carbocycles. The maximum absolute atomic E-state index is 9.04. The highest BCUT2D eigenvalue weighted by atomic mass is 14.4. The van der Waals surface area contributed by atoms with E-state index in [9.17, 15) is 0 Å². The standard InChI is InChI=1S/C15H25N/c1-2-12-6-8-14(9-7-12)15-5-3-4-13(10-15)11-16/h12-15H,2-10H2,1H3. The molecule has 1 heteroatoms. The third kappa shape index (κ3) is 2.78. The van der Waals surface area contributed by atoms with Crippen LogP contribution < -0.4 is 0 Å². The van der Waals surface area contributed by atoms with Gasteiger partial charge in [-0.05, 0) is 43.4 Å². The van der Waals surface area contributed by atoms with Crippen molar-refractivity contribution in [1.29, 1.82) is 5.26 Å². The Morgan fingerprint density at radius 2 is 1.75 bits per heavy atom. The Morgan fingerprint density at radius 1 is 1.00 bits per heavy atom. The number of nitrogens with zero attached hydrogens (tertiary/aromatic N) is 1. The van der Waals surface area contributed by atoms with E-state index in [2.05, 4.69) is 13.0 Å². The molecule has 2 rings (SSSR count). The average molecular weight is 219 g/mol. The van der Waals surface area contributed by atoms with Gasteiger partial charge in [0.1, 0.15) is 0 Å². The molecule has 0 aromatic rings. The predicted molar refractivity (Wildman–Crippen MR) is 66.8 cm³/mol. The van der Waals surface area contributed by atoms with Gasteiger partial charge in [0.2, 0.25) is 0 Å². The number of hydrogen-bond donors (Lipinski definition) is 0. The van der Waals surface area contributed by atoms with Gasteiger partial charge in [0.25, 0.3) is 0 Å². The molecule has 0 aliphatic heterocycles. The summed E-state index contributed by atoms with van der Waals surface area (Å²) in [6, 6.07) is 2.49. The van der Waals surface area contributed by atoms with Gasteiger partial charge in [0, 0.05) is 5.92 Å². The Labute approximate surface area is 100 Å². The third-order valence-electron chi connectivity index (χ3n) is 5.03. The molecular weight excluding hydrogens is 194 g/mol. The monoisotopic (exact) mass is 219 g/mol. The fraction of sp³-hybridized carbons (Fsp3) is 0.933. The summed E-state index contributed by atoms with van der Waals surface area (Å²) in [5, 5.41) is 9.04. The van der Waals surface area contributed by atoms with Crippen molar-refractivity contribution in [2.24, 2.45) is 23.7 Å². The van der Waals surface area contributed by atoms with E-state index >= 15 is 0 Å². The molecule has 2 unspecified atom stereocenters. The van der Waals surface area contributed by atoms with Crippen LogP contribution in [0, 0.1) is 35.0 Å². The van der Waals surface area contributed by atoms with E-state index in [0.29, 0.717) is 5.92 Å². The summed E-state index contributed by atoms with van der Waals surface area (Å²) < 4.78 is 0. The Hall–Kier alpha value is -0.510. The number of rotatable bonds is 2. The van der Waals surface area contributed by atoms with Crippen LogP contribution in [0.4, 0.5) is 0 Å². The summed E-state index contributed by atoms with van der Waals surface area (Å²) >= 11 is 0. The van der Waals surface area contributed by atoms with E-state index in [1.54, 1.807) is 0 Å². The lowest BCUT2D eigenvalue weighted by atomic mass is 9.68. The number of nitriles is 1. The van der Waals surface area contributed by atoms with Crippen LogP contribution in [-0.2, 0) is 0 Å². The van der Waals surface area contributed by atoms with Crippen LogP contribution in [0.25, 0.3) is 0 Å². The largest absolute Gasteiger partial charge is 0.198 e. The molecule has 2 fully saturated rings. The molecular formula is C15H25N. The van der Waals surface area contributed by atoms with Gasteiger partial charge in [-0.3, -0.25) is 0 Å². The molecule has 0 spiro atoms. The molecule has 90 valence electrons. The van der Waals surface area contributed by atoms with Crippen LogP contribution in [0.2, 0.25) is 0 Å². The normalized spacial score (nSPS) is 40.2. The summed E-state index contributed by atoms with van der Waals surface area (Å²) in [4.78, 5) is 0. The van der Waals surface area contributed by atoms with Crippen molar-refractivity contribution < 1.29 is 0 Å². The summed E-state index contributed by atoms with van der Waals surface area (Å²) in [5.74, 6) is 3.23. The minimum absolute atomic E-state index is 0.377. The molecule has 0 N–H and O–H groups in total. The van der Waals surface area contributed by atoms with Crippen molar-refractivity contribution in [1.82, 2.24) is 0 Å². The molecule has 0 radical (unpaired) electrons. The fourth-order valence-corrected chi connectivity index (χ4v) is 3.84. The minimum atomic E-state index is 0.377. The van der Waals surface area contributed by atoms with Gasteiger partial charge in [-0.15, -0.1) is 0 Å². The van der Waals surface area contributed by atoms with E-state index in [-0.39, 0.29) is 0 Å². The van der Waals surface area contributed by atoms with E-state index in [1.807, 2.05) is 0 Å². The maximum atomic E-state index is 9.04. The Kier molecular flexibility index (Phi) is 4.27. The Bertz CT molecular complexity index is 245. The quantitative estimate of drug-likeness (QED) is 0.669. The molecule has 0 heterocycles. The highest BCUT2D eigenvalue weighted by Crippen LogP contribution is 2.41. The lowest BCUT2D eigenvalue weighted by molar-refractivity contribution is 0.152. The zero-order valence-electron chi connectivity index (χ0n) is 10.6. The van der Waals surface area contributed by atoms with Gasteiger partial charge in [-0.25, -0.2) is 0 Å². The van der Waals surface area contributed by atoms with E-state index in [4.69, 9.17) is 5.26 Å². The van der Waals surface area contributed by atoms with E-state index < -0.39 is 0 Å². The molecule has 2 aliphatic carbocycles. The van der Waals surface area contributed by atoms with Crippen molar-refractivity contribution in [2.45, 2.75) is 64.7 Å². The molecule has 0 bridgehead atoms. The Morgan fingerprint density at radius 3 is 2.38 bits per heavy atom. The number of hydrogen-bond acceptors (Lipinski definition) is 1. The first-order valence-electron chi connectivity index (χ1n) is 7.23. The summed E-state index contributed by atoms with van der Waals surface area (Å²) in [5.41, 5.74) is 0. The Balaban J connectivity index is 1.82. The van der Waals surface area contributed by atoms with Crippen LogP contribution >= 0.6 is 0 Å².